The van der Waals surface area contributed by atoms with Crippen LogP contribution in [-0.4, -0.2) is 11.1 Å². The number of carboxylic acids is 1. The number of halogens is 1. The summed E-state index contributed by atoms with van der Waals surface area (Å²) in [7, 11) is 0. The Balaban J connectivity index is 2.41. The first kappa shape index (κ1) is 10.2. The van der Waals surface area contributed by atoms with Crippen LogP contribution in [0.25, 0.3) is 5.57 Å². The Morgan fingerprint density at radius 2 is 1.87 bits per heavy atom. The van der Waals surface area contributed by atoms with Crippen molar-refractivity contribution in [3.8, 4) is 0 Å². The molecule has 78 valence electrons. The van der Waals surface area contributed by atoms with Crippen molar-refractivity contribution in [1.82, 2.24) is 0 Å². The summed E-state index contributed by atoms with van der Waals surface area (Å²) in [5, 5.41) is 9.69. The lowest BCUT2D eigenvalue weighted by atomic mass is 10.0. The zero-order valence-corrected chi connectivity index (χ0v) is 8.92. The molecule has 0 bridgehead atoms. The molecule has 0 amide bonds. The molecule has 3 heteroatoms. The van der Waals surface area contributed by atoms with E-state index in [2.05, 4.69) is 0 Å². The van der Waals surface area contributed by atoms with Crippen molar-refractivity contribution >= 4 is 23.1 Å². The summed E-state index contributed by atoms with van der Waals surface area (Å²) in [6.07, 6.45) is 2.45. The van der Waals surface area contributed by atoms with Crippen LogP contribution in [0, 0.1) is 0 Å². The molecule has 0 spiro atoms. The molecule has 0 atom stereocenters. The highest BCUT2D eigenvalue weighted by Crippen LogP contribution is 2.34. The predicted octanol–water partition coefficient (Wildman–Crippen LogP) is 3.36. The molecule has 1 aromatic rings. The van der Waals surface area contributed by atoms with Crippen LogP contribution in [0.5, 0.6) is 0 Å². The SMILES string of the molecule is O=C(O)C1=C(c2ccc(Cl)cc2)CCC1. The Labute approximate surface area is 93.2 Å². The van der Waals surface area contributed by atoms with Crippen LogP contribution in [0.15, 0.2) is 29.8 Å². The van der Waals surface area contributed by atoms with E-state index in [1.54, 1.807) is 12.1 Å². The summed E-state index contributed by atoms with van der Waals surface area (Å²) in [6.45, 7) is 0. The van der Waals surface area contributed by atoms with E-state index in [1.165, 1.54) is 0 Å². The molecule has 0 unspecified atom stereocenters. The quantitative estimate of drug-likeness (QED) is 0.833. The van der Waals surface area contributed by atoms with E-state index in [0.29, 0.717) is 17.0 Å². The van der Waals surface area contributed by atoms with Crippen molar-refractivity contribution in [1.29, 1.82) is 0 Å². The largest absolute Gasteiger partial charge is 0.478 e. The molecule has 0 saturated carbocycles. The molecule has 15 heavy (non-hydrogen) atoms. The minimum Gasteiger partial charge on any atom is -0.478 e. The zero-order chi connectivity index (χ0) is 10.8. The highest BCUT2D eigenvalue weighted by Gasteiger charge is 2.20. The monoisotopic (exact) mass is 222 g/mol. The molecule has 0 radical (unpaired) electrons. The van der Waals surface area contributed by atoms with Crippen LogP contribution in [-0.2, 0) is 4.79 Å². The first-order valence-corrected chi connectivity index (χ1v) is 5.27. The van der Waals surface area contributed by atoms with E-state index in [4.69, 9.17) is 16.7 Å². The summed E-state index contributed by atoms with van der Waals surface area (Å²) in [5.74, 6) is -0.794. The lowest BCUT2D eigenvalue weighted by Gasteiger charge is -2.04. The maximum absolute atomic E-state index is 11.0. The zero-order valence-electron chi connectivity index (χ0n) is 8.16. The number of hydrogen-bond acceptors (Lipinski definition) is 1. The third-order valence-electron chi connectivity index (χ3n) is 2.67. The van der Waals surface area contributed by atoms with Crippen LogP contribution in [0.3, 0.4) is 0 Å². The van der Waals surface area contributed by atoms with E-state index in [-0.39, 0.29) is 0 Å². The van der Waals surface area contributed by atoms with Crippen LogP contribution in [0.2, 0.25) is 5.02 Å². The highest BCUT2D eigenvalue weighted by molar-refractivity contribution is 6.30. The highest BCUT2D eigenvalue weighted by atomic mass is 35.5. The molecule has 0 saturated heterocycles. The number of rotatable bonds is 2. The number of allylic oxidation sites excluding steroid dienone is 1. The van der Waals surface area contributed by atoms with Crippen LogP contribution >= 0.6 is 11.6 Å². The fourth-order valence-electron chi connectivity index (χ4n) is 1.95. The van der Waals surface area contributed by atoms with Gasteiger partial charge in [0.1, 0.15) is 0 Å². The van der Waals surface area contributed by atoms with Crippen molar-refractivity contribution in [2.45, 2.75) is 19.3 Å². The van der Waals surface area contributed by atoms with Gasteiger partial charge in [-0.2, -0.15) is 0 Å². The van der Waals surface area contributed by atoms with Crippen molar-refractivity contribution in [2.75, 3.05) is 0 Å². The Morgan fingerprint density at radius 3 is 2.47 bits per heavy atom. The molecule has 1 aliphatic rings. The normalized spacial score (nSPS) is 15.8. The number of carboxylic acid groups (broad SMARTS) is 1. The van der Waals surface area contributed by atoms with Gasteiger partial charge in [-0.1, -0.05) is 23.7 Å². The average Bonchev–Trinajstić information content (AvgIpc) is 2.67. The maximum atomic E-state index is 11.0. The molecular weight excluding hydrogens is 212 g/mol. The van der Waals surface area contributed by atoms with Gasteiger partial charge in [-0.15, -0.1) is 0 Å². The van der Waals surface area contributed by atoms with Crippen LogP contribution in [0.4, 0.5) is 0 Å². The smallest absolute Gasteiger partial charge is 0.331 e. The summed E-state index contributed by atoms with van der Waals surface area (Å²) >= 11 is 5.78. The molecule has 0 aliphatic heterocycles. The Kier molecular flexibility index (Phi) is 2.78. The van der Waals surface area contributed by atoms with Crippen molar-refractivity contribution in [3.05, 3.63) is 40.4 Å². The fourth-order valence-corrected chi connectivity index (χ4v) is 2.08. The minimum atomic E-state index is -0.794. The van der Waals surface area contributed by atoms with Gasteiger partial charge in [0.2, 0.25) is 0 Å². The van der Waals surface area contributed by atoms with E-state index in [1.807, 2.05) is 12.1 Å². The van der Waals surface area contributed by atoms with Gasteiger partial charge in [-0.25, -0.2) is 4.79 Å². The Morgan fingerprint density at radius 1 is 1.20 bits per heavy atom. The number of aliphatic carboxylic acids is 1. The molecule has 1 N–H and O–H groups in total. The summed E-state index contributed by atoms with van der Waals surface area (Å²) in [4.78, 5) is 11.0. The second kappa shape index (κ2) is 4.07. The average molecular weight is 223 g/mol. The van der Waals surface area contributed by atoms with Gasteiger partial charge in [0.05, 0.1) is 0 Å². The minimum absolute atomic E-state index is 0.553. The summed E-state index contributed by atoms with van der Waals surface area (Å²) in [6, 6.07) is 7.35. The van der Waals surface area contributed by atoms with E-state index < -0.39 is 5.97 Å². The van der Waals surface area contributed by atoms with Gasteiger partial charge in [-0.05, 0) is 42.5 Å². The van der Waals surface area contributed by atoms with Gasteiger partial charge in [0.15, 0.2) is 0 Å². The van der Waals surface area contributed by atoms with E-state index in [0.717, 1.165) is 24.0 Å². The molecule has 0 heterocycles. The number of carbonyl (C=O) groups is 1. The topological polar surface area (TPSA) is 37.3 Å². The molecule has 2 rings (SSSR count). The van der Waals surface area contributed by atoms with Gasteiger partial charge in [0.25, 0.3) is 0 Å². The van der Waals surface area contributed by atoms with E-state index >= 15 is 0 Å². The van der Waals surface area contributed by atoms with Gasteiger partial charge in [0, 0.05) is 10.6 Å². The first-order valence-electron chi connectivity index (χ1n) is 4.90. The first-order chi connectivity index (χ1) is 7.18. The van der Waals surface area contributed by atoms with Gasteiger partial charge >= 0.3 is 5.97 Å². The Hall–Kier alpha value is -1.28. The standard InChI is InChI=1S/C12H11ClO2/c13-9-6-4-8(5-7-9)10-2-1-3-11(10)12(14)15/h4-7H,1-3H2,(H,14,15). The lowest BCUT2D eigenvalue weighted by Crippen LogP contribution is -1.99. The molecule has 0 aromatic heterocycles. The third-order valence-corrected chi connectivity index (χ3v) is 2.92. The van der Waals surface area contributed by atoms with Crippen LogP contribution < -0.4 is 0 Å². The Bertz CT molecular complexity index is 418. The van der Waals surface area contributed by atoms with Crippen molar-refractivity contribution < 1.29 is 9.90 Å². The van der Waals surface area contributed by atoms with Gasteiger partial charge < -0.3 is 5.11 Å². The molecule has 1 aliphatic carbocycles. The van der Waals surface area contributed by atoms with E-state index in [9.17, 15) is 4.79 Å². The van der Waals surface area contributed by atoms with Crippen molar-refractivity contribution in [3.63, 3.8) is 0 Å². The summed E-state index contributed by atoms with van der Waals surface area (Å²) < 4.78 is 0. The second-order valence-corrected chi connectivity index (χ2v) is 4.06. The summed E-state index contributed by atoms with van der Waals surface area (Å²) in [5.41, 5.74) is 2.49. The number of hydrogen-bond donors (Lipinski definition) is 1. The predicted molar refractivity (Wildman–Crippen MR) is 59.9 cm³/mol. The second-order valence-electron chi connectivity index (χ2n) is 3.62. The molecule has 1 aromatic carbocycles. The maximum Gasteiger partial charge on any atom is 0.331 e. The third kappa shape index (κ3) is 2.05. The molecular formula is C12H11ClO2. The number of benzene rings is 1. The van der Waals surface area contributed by atoms with Gasteiger partial charge in [-0.3, -0.25) is 0 Å². The van der Waals surface area contributed by atoms with Crippen molar-refractivity contribution in [2.24, 2.45) is 0 Å². The van der Waals surface area contributed by atoms with Crippen LogP contribution in [0.1, 0.15) is 24.8 Å². The fraction of sp³-hybridized carbons (Fsp3) is 0.250. The molecule has 2 nitrogen and oxygen atoms in total. The lowest BCUT2D eigenvalue weighted by molar-refractivity contribution is -0.132. The molecule has 0 fully saturated rings.